The molecule has 2 aliphatic rings. The number of hydrogen-bond acceptors (Lipinski definition) is 2. The summed E-state index contributed by atoms with van der Waals surface area (Å²) in [5, 5.41) is 8.02. The third-order valence-corrected chi connectivity index (χ3v) is 4.62. The van der Waals surface area contributed by atoms with Crippen molar-refractivity contribution in [1.29, 1.82) is 0 Å². The van der Waals surface area contributed by atoms with Gasteiger partial charge in [-0.1, -0.05) is 6.42 Å². The van der Waals surface area contributed by atoms with Crippen LogP contribution in [0.1, 0.15) is 31.4 Å². The molecule has 3 heteroatoms. The quantitative estimate of drug-likeness (QED) is 0.788. The van der Waals surface area contributed by atoms with Gasteiger partial charge in [-0.25, -0.2) is 0 Å². The van der Waals surface area contributed by atoms with Gasteiger partial charge in [0.15, 0.2) is 0 Å². The average Bonchev–Trinajstić information content (AvgIpc) is 3.00. The Bertz CT molecular complexity index is 371. The number of hydrogen-bond donors (Lipinski definition) is 1. The summed E-state index contributed by atoms with van der Waals surface area (Å²) < 4.78 is 1.88. The smallest absolute Gasteiger partial charge is 0.0637 e. The third-order valence-electron chi connectivity index (χ3n) is 4.62. The van der Waals surface area contributed by atoms with Gasteiger partial charge in [0, 0.05) is 26.2 Å². The number of fused-ring (bicyclic) bond motifs is 2. The van der Waals surface area contributed by atoms with Crippen molar-refractivity contribution < 1.29 is 0 Å². The van der Waals surface area contributed by atoms with E-state index in [1.807, 2.05) is 17.9 Å². The lowest BCUT2D eigenvalue weighted by molar-refractivity contribution is 0.319. The molecule has 2 aliphatic carbocycles. The van der Waals surface area contributed by atoms with E-state index in [4.69, 9.17) is 0 Å². The van der Waals surface area contributed by atoms with Crippen LogP contribution in [0.15, 0.2) is 12.3 Å². The fraction of sp³-hybridized carbons (Fsp3) is 0.786. The molecule has 0 radical (unpaired) electrons. The Morgan fingerprint density at radius 3 is 3.00 bits per heavy atom. The molecule has 1 heterocycles. The van der Waals surface area contributed by atoms with Crippen molar-refractivity contribution >= 4 is 0 Å². The Morgan fingerprint density at radius 1 is 1.41 bits per heavy atom. The summed E-state index contributed by atoms with van der Waals surface area (Å²) in [5.74, 6) is 3.09. The first-order valence-electron chi connectivity index (χ1n) is 7.00. The van der Waals surface area contributed by atoms with Gasteiger partial charge in [0.1, 0.15) is 0 Å². The zero-order chi connectivity index (χ0) is 11.7. The van der Waals surface area contributed by atoms with Gasteiger partial charge in [-0.15, -0.1) is 0 Å². The monoisotopic (exact) mass is 233 g/mol. The van der Waals surface area contributed by atoms with Crippen molar-refractivity contribution in [2.45, 2.75) is 32.1 Å². The molecule has 2 fully saturated rings. The van der Waals surface area contributed by atoms with Crippen molar-refractivity contribution in [3.8, 4) is 0 Å². The highest BCUT2D eigenvalue weighted by Crippen LogP contribution is 2.47. The van der Waals surface area contributed by atoms with Crippen LogP contribution >= 0.6 is 0 Å². The van der Waals surface area contributed by atoms with E-state index in [0.29, 0.717) is 0 Å². The van der Waals surface area contributed by atoms with E-state index in [9.17, 15) is 0 Å². The summed E-state index contributed by atoms with van der Waals surface area (Å²) in [5.41, 5.74) is 1.20. The van der Waals surface area contributed by atoms with E-state index >= 15 is 0 Å². The lowest BCUT2D eigenvalue weighted by Gasteiger charge is -2.21. The summed E-state index contributed by atoms with van der Waals surface area (Å²) in [6, 6.07) is 2.11. The number of nitrogens with one attached hydrogen (secondary N) is 1. The second-order valence-corrected chi connectivity index (χ2v) is 5.87. The van der Waals surface area contributed by atoms with E-state index in [1.165, 1.54) is 37.9 Å². The molecular formula is C14H23N3. The third kappa shape index (κ3) is 2.54. The Balaban J connectivity index is 1.36. The zero-order valence-corrected chi connectivity index (χ0v) is 10.7. The van der Waals surface area contributed by atoms with Gasteiger partial charge >= 0.3 is 0 Å². The predicted molar refractivity (Wildman–Crippen MR) is 68.7 cm³/mol. The highest BCUT2D eigenvalue weighted by molar-refractivity contribution is 4.99. The number of nitrogens with zero attached hydrogens (tertiary/aromatic N) is 2. The summed E-state index contributed by atoms with van der Waals surface area (Å²) in [6.45, 7) is 2.30. The second kappa shape index (κ2) is 4.81. The summed E-state index contributed by atoms with van der Waals surface area (Å²) in [6.07, 6.45) is 9.09. The Morgan fingerprint density at radius 2 is 2.35 bits per heavy atom. The second-order valence-electron chi connectivity index (χ2n) is 5.87. The van der Waals surface area contributed by atoms with Crippen molar-refractivity contribution in [1.82, 2.24) is 15.1 Å². The van der Waals surface area contributed by atoms with Crippen LogP contribution in [0.4, 0.5) is 0 Å². The molecule has 17 heavy (non-hydrogen) atoms. The average molecular weight is 233 g/mol. The minimum Gasteiger partial charge on any atom is -0.316 e. The topological polar surface area (TPSA) is 29.9 Å². The van der Waals surface area contributed by atoms with Crippen molar-refractivity contribution in [3.63, 3.8) is 0 Å². The maximum absolute atomic E-state index is 4.39. The molecule has 0 spiro atoms. The van der Waals surface area contributed by atoms with Crippen LogP contribution < -0.4 is 5.32 Å². The van der Waals surface area contributed by atoms with Gasteiger partial charge < -0.3 is 5.32 Å². The minimum atomic E-state index is 0.970. The Labute approximate surface area is 104 Å². The van der Waals surface area contributed by atoms with Crippen molar-refractivity contribution in [3.05, 3.63) is 18.0 Å². The predicted octanol–water partition coefficient (Wildman–Crippen LogP) is 1.99. The molecule has 3 unspecified atom stereocenters. The maximum atomic E-state index is 4.39. The summed E-state index contributed by atoms with van der Waals surface area (Å²) >= 11 is 0. The van der Waals surface area contributed by atoms with Crippen molar-refractivity contribution in [2.24, 2.45) is 24.8 Å². The van der Waals surface area contributed by atoms with Gasteiger partial charge in [0.25, 0.3) is 0 Å². The first-order chi connectivity index (χ1) is 8.31. The van der Waals surface area contributed by atoms with Gasteiger partial charge in [0.05, 0.1) is 5.69 Å². The van der Waals surface area contributed by atoms with E-state index in [0.717, 1.165) is 30.7 Å². The van der Waals surface area contributed by atoms with Crippen molar-refractivity contribution in [2.75, 3.05) is 13.1 Å². The van der Waals surface area contributed by atoms with Gasteiger partial charge in [-0.2, -0.15) is 5.10 Å². The Kier molecular flexibility index (Phi) is 3.19. The van der Waals surface area contributed by atoms with Gasteiger partial charge in [-0.05, 0) is 49.6 Å². The Hall–Kier alpha value is -0.830. The molecular weight excluding hydrogens is 210 g/mol. The van der Waals surface area contributed by atoms with Gasteiger partial charge in [0.2, 0.25) is 0 Å². The number of aryl methyl sites for hydroxylation is 1. The SMILES string of the molecule is Cn1ccc(CCNCC2CC3CCC2C3)n1. The molecule has 0 aliphatic heterocycles. The number of rotatable bonds is 5. The zero-order valence-electron chi connectivity index (χ0n) is 10.7. The molecule has 2 saturated carbocycles. The lowest BCUT2D eigenvalue weighted by atomic mass is 9.89. The van der Waals surface area contributed by atoms with Crippen LogP contribution in [0, 0.1) is 17.8 Å². The van der Waals surface area contributed by atoms with E-state index in [-0.39, 0.29) is 0 Å². The van der Waals surface area contributed by atoms with E-state index in [2.05, 4.69) is 16.5 Å². The molecule has 1 aromatic rings. The fourth-order valence-corrected chi connectivity index (χ4v) is 3.73. The number of aromatic nitrogens is 2. The largest absolute Gasteiger partial charge is 0.316 e. The molecule has 2 bridgehead atoms. The first-order valence-corrected chi connectivity index (χ1v) is 7.00. The molecule has 3 nitrogen and oxygen atoms in total. The summed E-state index contributed by atoms with van der Waals surface area (Å²) in [7, 11) is 1.98. The van der Waals surface area contributed by atoms with Crippen LogP contribution in [0.5, 0.6) is 0 Å². The maximum Gasteiger partial charge on any atom is 0.0637 e. The standard InChI is InChI=1S/C14H23N3/c1-17-7-5-14(16-17)4-6-15-10-13-9-11-2-3-12(13)8-11/h5,7,11-13,15H,2-4,6,8-10H2,1H3. The molecule has 1 aromatic heterocycles. The van der Waals surface area contributed by atoms with E-state index < -0.39 is 0 Å². The molecule has 1 N–H and O–H groups in total. The molecule has 3 rings (SSSR count). The van der Waals surface area contributed by atoms with Crippen LogP contribution in [-0.4, -0.2) is 22.9 Å². The minimum absolute atomic E-state index is 0.970. The molecule has 3 atom stereocenters. The highest BCUT2D eigenvalue weighted by Gasteiger charge is 2.38. The van der Waals surface area contributed by atoms with Crippen LogP contribution in [0.25, 0.3) is 0 Å². The van der Waals surface area contributed by atoms with Crippen LogP contribution in [-0.2, 0) is 13.5 Å². The highest BCUT2D eigenvalue weighted by atomic mass is 15.2. The van der Waals surface area contributed by atoms with Gasteiger partial charge in [-0.3, -0.25) is 4.68 Å². The molecule has 0 aromatic carbocycles. The normalized spacial score (nSPS) is 31.2. The molecule has 94 valence electrons. The van der Waals surface area contributed by atoms with Crippen LogP contribution in [0.3, 0.4) is 0 Å². The molecule has 0 saturated heterocycles. The molecule has 0 amide bonds. The van der Waals surface area contributed by atoms with E-state index in [1.54, 1.807) is 0 Å². The van der Waals surface area contributed by atoms with Crippen LogP contribution in [0.2, 0.25) is 0 Å². The first kappa shape index (κ1) is 11.3. The fourth-order valence-electron chi connectivity index (χ4n) is 3.73. The lowest BCUT2D eigenvalue weighted by Crippen LogP contribution is -2.28. The summed E-state index contributed by atoms with van der Waals surface area (Å²) in [4.78, 5) is 0.